The molecule has 0 radical (unpaired) electrons. The predicted molar refractivity (Wildman–Crippen MR) is 143 cm³/mol. The average Bonchev–Trinajstić information content (AvgIpc) is 3.41. The highest BCUT2D eigenvalue weighted by Crippen LogP contribution is 2.40. The number of carbonyl (C=O) groups excluding carboxylic acids is 1. The maximum atomic E-state index is 14.1. The van der Waals surface area contributed by atoms with Crippen molar-refractivity contribution >= 4 is 23.0 Å². The molecule has 0 spiro atoms. The fourth-order valence-electron chi connectivity index (χ4n) is 4.78. The van der Waals surface area contributed by atoms with Crippen LogP contribution in [-0.4, -0.2) is 27.9 Å². The maximum Gasteiger partial charge on any atom is 0.257 e. The Kier molecular flexibility index (Phi) is 7.52. The minimum Gasteiger partial charge on any atom is -0.382 e. The number of carbonyl (C=O) groups is 1. The van der Waals surface area contributed by atoms with Gasteiger partial charge < -0.3 is 25.8 Å². The molecule has 2 aromatic carbocycles. The number of nitrogens with zero attached hydrogens (tertiary/aromatic N) is 1. The summed E-state index contributed by atoms with van der Waals surface area (Å²) in [5.74, 6) is -0.967. The van der Waals surface area contributed by atoms with E-state index < -0.39 is 17.8 Å². The van der Waals surface area contributed by atoms with Gasteiger partial charge in [-0.25, -0.2) is 8.78 Å². The highest BCUT2D eigenvalue weighted by molar-refractivity contribution is 6.01. The first-order chi connectivity index (χ1) is 17.7. The van der Waals surface area contributed by atoms with Crippen molar-refractivity contribution < 1.29 is 13.6 Å². The van der Waals surface area contributed by atoms with E-state index in [4.69, 9.17) is 0 Å². The van der Waals surface area contributed by atoms with Gasteiger partial charge in [-0.05, 0) is 74.7 Å². The van der Waals surface area contributed by atoms with Crippen molar-refractivity contribution in [1.29, 1.82) is 0 Å². The van der Waals surface area contributed by atoms with Crippen LogP contribution in [0.25, 0.3) is 0 Å². The van der Waals surface area contributed by atoms with Crippen LogP contribution in [0.2, 0.25) is 0 Å². The highest BCUT2D eigenvalue weighted by Gasteiger charge is 2.33. The lowest BCUT2D eigenvalue weighted by Gasteiger charge is -2.21. The van der Waals surface area contributed by atoms with Gasteiger partial charge in [0.2, 0.25) is 0 Å². The Hall–Kier alpha value is -3.88. The number of hydrogen-bond donors (Lipinski definition) is 4. The van der Waals surface area contributed by atoms with Gasteiger partial charge in [0.25, 0.3) is 11.5 Å². The lowest BCUT2D eigenvalue weighted by Crippen LogP contribution is -2.30. The van der Waals surface area contributed by atoms with Gasteiger partial charge in [-0.15, -0.1) is 0 Å². The van der Waals surface area contributed by atoms with E-state index in [-0.39, 0.29) is 35.5 Å². The van der Waals surface area contributed by atoms with E-state index in [0.29, 0.717) is 23.4 Å². The van der Waals surface area contributed by atoms with E-state index in [1.54, 1.807) is 12.3 Å². The molecule has 0 saturated heterocycles. The van der Waals surface area contributed by atoms with Crippen molar-refractivity contribution in [2.45, 2.75) is 65.8 Å². The van der Waals surface area contributed by atoms with Crippen molar-refractivity contribution in [1.82, 2.24) is 9.88 Å². The fraction of sp³-hybridized carbons (Fsp3) is 0.357. The van der Waals surface area contributed by atoms with Crippen LogP contribution in [0.5, 0.6) is 0 Å². The zero-order chi connectivity index (χ0) is 26.9. The number of fused-ring (bicyclic) bond motifs is 2. The zero-order valence-corrected chi connectivity index (χ0v) is 21.7. The molecular weight excluding hydrogens is 476 g/mol. The Bertz CT molecular complexity index is 1370. The molecule has 2 aliphatic rings. The molecule has 3 heterocycles. The van der Waals surface area contributed by atoms with E-state index in [9.17, 15) is 18.4 Å². The Balaban J connectivity index is 0.00000156. The quantitative estimate of drug-likeness (QED) is 0.346. The van der Waals surface area contributed by atoms with Gasteiger partial charge in [-0.2, -0.15) is 0 Å². The van der Waals surface area contributed by atoms with Gasteiger partial charge in [0.15, 0.2) is 0 Å². The van der Waals surface area contributed by atoms with Crippen molar-refractivity contribution in [3.05, 3.63) is 86.8 Å². The van der Waals surface area contributed by atoms with Crippen LogP contribution in [0.3, 0.4) is 0 Å². The predicted octanol–water partition coefficient (Wildman–Crippen LogP) is 5.62. The van der Waals surface area contributed by atoms with Crippen LogP contribution >= 0.6 is 0 Å². The van der Waals surface area contributed by atoms with Gasteiger partial charge in [0.05, 0.1) is 16.9 Å². The van der Waals surface area contributed by atoms with Crippen molar-refractivity contribution in [2.24, 2.45) is 0 Å². The van der Waals surface area contributed by atoms with E-state index in [0.717, 1.165) is 29.1 Å². The Morgan fingerprint density at radius 1 is 1.03 bits per heavy atom. The molecule has 1 aromatic heterocycles. The third-order valence-electron chi connectivity index (χ3n) is 6.52. The smallest absolute Gasteiger partial charge is 0.257 e. The monoisotopic (exact) mass is 509 g/mol. The van der Waals surface area contributed by atoms with E-state index in [2.05, 4.69) is 20.9 Å². The van der Waals surface area contributed by atoms with Gasteiger partial charge in [0.1, 0.15) is 17.8 Å². The van der Waals surface area contributed by atoms with E-state index in [1.807, 2.05) is 51.7 Å². The Morgan fingerprint density at radius 3 is 2.43 bits per heavy atom. The fourth-order valence-corrected chi connectivity index (χ4v) is 4.78. The number of H-pyrrole nitrogens is 1. The van der Waals surface area contributed by atoms with Crippen molar-refractivity contribution in [3.63, 3.8) is 0 Å². The summed E-state index contributed by atoms with van der Waals surface area (Å²) in [7, 11) is 0. The summed E-state index contributed by atoms with van der Waals surface area (Å²) in [6.45, 7) is 10.4. The minimum atomic E-state index is -0.533. The molecule has 2 aliphatic heterocycles. The highest BCUT2D eigenvalue weighted by atomic mass is 19.1. The van der Waals surface area contributed by atoms with Crippen LogP contribution in [0, 0.1) is 11.6 Å². The number of benzene rings is 2. The molecule has 4 N–H and O–H groups in total. The summed E-state index contributed by atoms with van der Waals surface area (Å²) in [5.41, 5.74) is 4.16. The van der Waals surface area contributed by atoms with Gasteiger partial charge >= 0.3 is 0 Å². The number of pyridine rings is 1. The maximum absolute atomic E-state index is 14.1. The first-order valence-electron chi connectivity index (χ1n) is 12.6. The van der Waals surface area contributed by atoms with Gasteiger partial charge in [-0.3, -0.25) is 9.59 Å². The second-order valence-corrected chi connectivity index (χ2v) is 9.42. The van der Waals surface area contributed by atoms with Gasteiger partial charge in [-0.1, -0.05) is 13.8 Å². The number of rotatable bonds is 6. The summed E-state index contributed by atoms with van der Waals surface area (Å²) in [6, 6.07) is 8.75. The molecule has 3 aromatic rings. The largest absolute Gasteiger partial charge is 0.382 e. The molecule has 9 heteroatoms. The number of anilines is 3. The molecule has 2 atom stereocenters. The minimum absolute atomic E-state index is 0.00127. The van der Waals surface area contributed by atoms with Crippen LogP contribution in [0.1, 0.15) is 67.8 Å². The number of halogens is 2. The van der Waals surface area contributed by atoms with Crippen LogP contribution in [0.4, 0.5) is 25.8 Å². The molecule has 7 nitrogen and oxygen atoms in total. The topological polar surface area (TPSA) is 89.3 Å². The Labute approximate surface area is 215 Å². The SMILES string of the molecule is CC.CC(Cc1cc(F)ccc1F)Nc1cc[nH]c(=O)c1C1Nc2cc3c(cc2N1)C(=O)N(C(C)C)C3. The Morgan fingerprint density at radius 2 is 1.73 bits per heavy atom. The molecule has 1 amide bonds. The van der Waals surface area contributed by atoms with E-state index in [1.165, 1.54) is 6.07 Å². The summed E-state index contributed by atoms with van der Waals surface area (Å²) in [5, 5.41) is 9.93. The summed E-state index contributed by atoms with van der Waals surface area (Å²) < 4.78 is 27.7. The summed E-state index contributed by atoms with van der Waals surface area (Å²) in [4.78, 5) is 30.2. The molecule has 196 valence electrons. The van der Waals surface area contributed by atoms with E-state index >= 15 is 0 Å². The molecule has 2 unspecified atom stereocenters. The first kappa shape index (κ1) is 26.2. The molecule has 0 bridgehead atoms. The zero-order valence-electron chi connectivity index (χ0n) is 21.7. The lowest BCUT2D eigenvalue weighted by molar-refractivity contribution is 0.0730. The second kappa shape index (κ2) is 10.6. The number of nitrogens with one attached hydrogen (secondary N) is 4. The first-order valence-corrected chi connectivity index (χ1v) is 12.6. The van der Waals surface area contributed by atoms with Crippen molar-refractivity contribution in [3.8, 4) is 0 Å². The number of aromatic amines is 1. The van der Waals surface area contributed by atoms with Crippen molar-refractivity contribution in [2.75, 3.05) is 16.0 Å². The number of aromatic nitrogens is 1. The number of amides is 1. The molecule has 5 rings (SSSR count). The average molecular weight is 510 g/mol. The number of hydrogen-bond acceptors (Lipinski definition) is 5. The summed E-state index contributed by atoms with van der Waals surface area (Å²) in [6.07, 6.45) is 1.25. The molecular formula is C28H33F2N5O2. The molecule has 37 heavy (non-hydrogen) atoms. The molecule has 0 fully saturated rings. The van der Waals surface area contributed by atoms with Crippen LogP contribution in [0.15, 0.2) is 47.4 Å². The standard InChI is InChI=1S/C26H27F2N5O2.C2H6/c1-13(2)33-12-16-10-21-22(11-18(16)26(33)35)32-24(31-21)23-20(6-7-29-25(23)34)30-14(3)8-15-9-17(27)4-5-19(15)28;1-2/h4-7,9-11,13-14,24,31-32H,8,12H2,1-3H3,(H2,29,30,34);1-2H3. The third kappa shape index (κ3) is 5.16. The second-order valence-electron chi connectivity index (χ2n) is 9.42. The normalized spacial score (nSPS) is 16.4. The van der Waals surface area contributed by atoms with Crippen LogP contribution < -0.4 is 21.5 Å². The third-order valence-corrected chi connectivity index (χ3v) is 6.52. The molecule has 0 aliphatic carbocycles. The summed E-state index contributed by atoms with van der Waals surface area (Å²) >= 11 is 0. The lowest BCUT2D eigenvalue weighted by atomic mass is 10.1. The van der Waals surface area contributed by atoms with Gasteiger partial charge in [0, 0.05) is 36.1 Å². The molecule has 0 saturated carbocycles. The van der Waals surface area contributed by atoms with Crippen LogP contribution in [-0.2, 0) is 13.0 Å².